The maximum absolute atomic E-state index is 12.5. The molecule has 5 nitrogen and oxygen atoms in total. The van der Waals surface area contributed by atoms with Crippen molar-refractivity contribution >= 4 is 17.2 Å². The molecule has 0 bridgehead atoms. The molecule has 1 amide bonds. The maximum atomic E-state index is 12.5. The molecule has 3 saturated heterocycles. The Morgan fingerprint density at radius 2 is 2.12 bits per heavy atom. The standard InChI is InChI=1S/C18H27N3O2S/c1-19-4-6-21(7-5-19)18(22)10-15-9-14-11-20(13-17(14)23-15)12-16-3-2-8-24-16/h2-3,8,14-15,17H,4-7,9-13H2,1H3/t14-,15+,17+/m1/s1. The van der Waals surface area contributed by atoms with Gasteiger partial charge < -0.3 is 14.5 Å². The minimum absolute atomic E-state index is 0.135. The summed E-state index contributed by atoms with van der Waals surface area (Å²) in [6, 6.07) is 4.32. The van der Waals surface area contributed by atoms with Crippen LogP contribution in [0, 0.1) is 5.92 Å². The van der Waals surface area contributed by atoms with E-state index >= 15 is 0 Å². The number of likely N-dealkylation sites (N-methyl/N-ethyl adjacent to an activating group) is 1. The fraction of sp³-hybridized carbons (Fsp3) is 0.722. The lowest BCUT2D eigenvalue weighted by Crippen LogP contribution is -2.47. The van der Waals surface area contributed by atoms with Crippen molar-refractivity contribution < 1.29 is 9.53 Å². The Morgan fingerprint density at radius 1 is 1.29 bits per heavy atom. The zero-order valence-electron chi connectivity index (χ0n) is 14.4. The molecule has 24 heavy (non-hydrogen) atoms. The average Bonchev–Trinajstić information content (AvgIpc) is 3.25. The van der Waals surface area contributed by atoms with Crippen molar-refractivity contribution in [2.24, 2.45) is 5.92 Å². The molecule has 6 heteroatoms. The third-order valence-electron chi connectivity index (χ3n) is 5.61. The number of fused-ring (bicyclic) bond motifs is 1. The van der Waals surface area contributed by atoms with Crippen LogP contribution in [-0.2, 0) is 16.1 Å². The number of amides is 1. The normalized spacial score (nSPS) is 31.5. The van der Waals surface area contributed by atoms with E-state index in [1.165, 1.54) is 4.88 Å². The van der Waals surface area contributed by atoms with E-state index in [2.05, 4.69) is 34.4 Å². The van der Waals surface area contributed by atoms with Gasteiger partial charge in [-0.2, -0.15) is 0 Å². The minimum Gasteiger partial charge on any atom is -0.373 e. The number of ether oxygens (including phenoxy) is 1. The lowest BCUT2D eigenvalue weighted by molar-refractivity contribution is -0.135. The van der Waals surface area contributed by atoms with Crippen LogP contribution >= 0.6 is 11.3 Å². The lowest BCUT2D eigenvalue weighted by atomic mass is 10.0. The second-order valence-corrected chi connectivity index (χ2v) is 8.49. The van der Waals surface area contributed by atoms with Crippen LogP contribution in [0.5, 0.6) is 0 Å². The summed E-state index contributed by atoms with van der Waals surface area (Å²) in [5.41, 5.74) is 0. The first-order valence-electron chi connectivity index (χ1n) is 9.04. The van der Waals surface area contributed by atoms with Crippen molar-refractivity contribution in [2.75, 3.05) is 46.3 Å². The molecule has 0 aliphatic carbocycles. The SMILES string of the molecule is CN1CCN(C(=O)C[C@@H]2C[C@@H]3CN(Cc4cccs4)C[C@@H]3O2)CC1. The highest BCUT2D eigenvalue weighted by Crippen LogP contribution is 2.35. The summed E-state index contributed by atoms with van der Waals surface area (Å²) >= 11 is 1.83. The Hall–Kier alpha value is -0.950. The molecular formula is C18H27N3O2S. The van der Waals surface area contributed by atoms with E-state index in [0.717, 1.165) is 52.2 Å². The van der Waals surface area contributed by atoms with Gasteiger partial charge >= 0.3 is 0 Å². The zero-order valence-corrected chi connectivity index (χ0v) is 15.2. The van der Waals surface area contributed by atoms with Crippen LogP contribution in [0.3, 0.4) is 0 Å². The monoisotopic (exact) mass is 349 g/mol. The predicted octanol–water partition coefficient (Wildman–Crippen LogP) is 1.50. The van der Waals surface area contributed by atoms with Gasteiger partial charge in [-0.1, -0.05) is 6.07 Å². The molecule has 0 spiro atoms. The Balaban J connectivity index is 1.23. The number of piperazine rings is 1. The second-order valence-electron chi connectivity index (χ2n) is 7.45. The van der Waals surface area contributed by atoms with Crippen molar-refractivity contribution in [3.8, 4) is 0 Å². The first kappa shape index (κ1) is 16.5. The van der Waals surface area contributed by atoms with E-state index < -0.39 is 0 Å². The van der Waals surface area contributed by atoms with Crippen molar-refractivity contribution in [1.29, 1.82) is 0 Å². The largest absolute Gasteiger partial charge is 0.373 e. The van der Waals surface area contributed by atoms with Crippen LogP contribution in [0.25, 0.3) is 0 Å². The van der Waals surface area contributed by atoms with Crippen molar-refractivity contribution in [1.82, 2.24) is 14.7 Å². The summed E-state index contributed by atoms with van der Waals surface area (Å²) in [5, 5.41) is 2.14. The summed E-state index contributed by atoms with van der Waals surface area (Å²) in [4.78, 5) is 20.7. The molecular weight excluding hydrogens is 322 g/mol. The molecule has 1 aromatic heterocycles. The van der Waals surface area contributed by atoms with Crippen molar-refractivity contribution in [2.45, 2.75) is 31.6 Å². The summed E-state index contributed by atoms with van der Waals surface area (Å²) in [5.74, 6) is 0.888. The van der Waals surface area contributed by atoms with Gasteiger partial charge in [0.25, 0.3) is 0 Å². The zero-order chi connectivity index (χ0) is 16.5. The Morgan fingerprint density at radius 3 is 2.83 bits per heavy atom. The Bertz CT molecular complexity index is 543. The topological polar surface area (TPSA) is 36.0 Å². The number of hydrogen-bond donors (Lipinski definition) is 0. The first-order valence-corrected chi connectivity index (χ1v) is 9.92. The first-order chi connectivity index (χ1) is 11.7. The van der Waals surface area contributed by atoms with E-state index in [1.807, 2.05) is 16.2 Å². The molecule has 132 valence electrons. The van der Waals surface area contributed by atoms with Crippen LogP contribution in [0.1, 0.15) is 17.7 Å². The van der Waals surface area contributed by atoms with Gasteiger partial charge in [0.05, 0.1) is 18.6 Å². The van der Waals surface area contributed by atoms with E-state index in [0.29, 0.717) is 18.4 Å². The molecule has 3 fully saturated rings. The minimum atomic E-state index is 0.135. The maximum Gasteiger partial charge on any atom is 0.225 e. The molecule has 4 rings (SSSR count). The highest BCUT2D eigenvalue weighted by atomic mass is 32.1. The number of nitrogens with zero attached hydrogens (tertiary/aromatic N) is 3. The second kappa shape index (κ2) is 7.12. The number of carbonyl (C=O) groups is 1. The molecule has 3 aliphatic heterocycles. The highest BCUT2D eigenvalue weighted by molar-refractivity contribution is 7.09. The third kappa shape index (κ3) is 3.67. The number of likely N-dealkylation sites (tertiary alicyclic amines) is 1. The Kier molecular flexibility index (Phi) is 4.90. The summed E-state index contributed by atoms with van der Waals surface area (Å²) in [7, 11) is 2.12. The van der Waals surface area contributed by atoms with Gasteiger partial charge in [-0.15, -0.1) is 11.3 Å². The molecule has 0 radical (unpaired) electrons. The molecule has 0 N–H and O–H groups in total. The van der Waals surface area contributed by atoms with E-state index in [1.54, 1.807) is 0 Å². The fourth-order valence-corrected chi connectivity index (χ4v) is 4.96. The highest BCUT2D eigenvalue weighted by Gasteiger charge is 2.42. The average molecular weight is 350 g/mol. The van der Waals surface area contributed by atoms with Crippen LogP contribution in [0.15, 0.2) is 17.5 Å². The fourth-order valence-electron chi connectivity index (χ4n) is 4.21. The number of thiophene rings is 1. The van der Waals surface area contributed by atoms with E-state index in [-0.39, 0.29) is 12.0 Å². The number of rotatable bonds is 4. The van der Waals surface area contributed by atoms with Gasteiger partial charge in [-0.3, -0.25) is 9.69 Å². The van der Waals surface area contributed by atoms with Gasteiger partial charge in [0, 0.05) is 56.6 Å². The summed E-state index contributed by atoms with van der Waals surface area (Å²) in [6.07, 6.45) is 2.08. The van der Waals surface area contributed by atoms with E-state index in [9.17, 15) is 4.79 Å². The molecule has 0 saturated carbocycles. The van der Waals surface area contributed by atoms with Gasteiger partial charge in [0.15, 0.2) is 0 Å². The van der Waals surface area contributed by atoms with Gasteiger partial charge in [0.1, 0.15) is 0 Å². The number of hydrogen-bond acceptors (Lipinski definition) is 5. The van der Waals surface area contributed by atoms with E-state index in [4.69, 9.17) is 4.74 Å². The lowest BCUT2D eigenvalue weighted by Gasteiger charge is -2.33. The molecule has 1 aromatic rings. The molecule has 4 heterocycles. The van der Waals surface area contributed by atoms with Crippen molar-refractivity contribution in [3.05, 3.63) is 22.4 Å². The number of carbonyl (C=O) groups excluding carboxylic acids is 1. The summed E-state index contributed by atoms with van der Waals surface area (Å²) < 4.78 is 6.22. The van der Waals surface area contributed by atoms with Gasteiger partial charge in [-0.05, 0) is 24.9 Å². The van der Waals surface area contributed by atoms with Gasteiger partial charge in [-0.25, -0.2) is 0 Å². The molecule has 0 unspecified atom stereocenters. The van der Waals surface area contributed by atoms with Gasteiger partial charge in [0.2, 0.25) is 5.91 Å². The van der Waals surface area contributed by atoms with Crippen LogP contribution < -0.4 is 0 Å². The van der Waals surface area contributed by atoms with Crippen LogP contribution in [0.4, 0.5) is 0 Å². The smallest absolute Gasteiger partial charge is 0.225 e. The summed E-state index contributed by atoms with van der Waals surface area (Å²) in [6.45, 7) is 6.87. The molecule has 3 aliphatic rings. The molecule has 0 aromatic carbocycles. The predicted molar refractivity (Wildman–Crippen MR) is 95.1 cm³/mol. The van der Waals surface area contributed by atoms with Crippen LogP contribution in [-0.4, -0.2) is 79.1 Å². The third-order valence-corrected chi connectivity index (χ3v) is 6.47. The Labute approximate surface area is 148 Å². The van der Waals surface area contributed by atoms with Crippen LogP contribution in [0.2, 0.25) is 0 Å². The van der Waals surface area contributed by atoms with Crippen molar-refractivity contribution in [3.63, 3.8) is 0 Å². The quantitative estimate of drug-likeness (QED) is 0.825. The molecule has 3 atom stereocenters.